The smallest absolute Gasteiger partial charge is 0.386 e. The Hall–Kier alpha value is -2.63. The number of nitrogen functional groups attached to an aromatic ring is 2. The summed E-state index contributed by atoms with van der Waals surface area (Å²) in [5.74, 6) is 0.0347. The number of thiol groups is 1. The average Bonchev–Trinajstić information content (AvgIpc) is 3.71. The number of aliphatic hydroxyl groups excluding tert-OH is 2. The summed E-state index contributed by atoms with van der Waals surface area (Å²) in [6, 6.07) is 0. The molecule has 45 heavy (non-hydrogen) atoms. The molecule has 21 nitrogen and oxygen atoms in total. The number of aromatic nitrogens is 8. The maximum atomic E-state index is 13.5. The third kappa shape index (κ3) is 5.46. The van der Waals surface area contributed by atoms with Crippen LogP contribution in [-0.4, -0.2) is 104 Å². The Balaban J connectivity index is 1.23. The number of nitrogens with one attached hydrogen (secondary N) is 1. The van der Waals surface area contributed by atoms with Crippen LogP contribution in [0.15, 0.2) is 23.8 Å². The van der Waals surface area contributed by atoms with Gasteiger partial charge < -0.3 is 45.6 Å². The summed E-state index contributed by atoms with van der Waals surface area (Å²) in [5.41, 5.74) is 11.5. The minimum Gasteiger partial charge on any atom is -0.387 e. The molecular formula is C20H24N10O11P2S2. The molecule has 3 aliphatic rings. The number of aromatic amines is 1. The normalized spacial score (nSPS) is 37.7. The average molecular weight is 707 g/mol. The van der Waals surface area contributed by atoms with E-state index >= 15 is 0 Å². The van der Waals surface area contributed by atoms with Gasteiger partial charge in [-0.05, 0) is 11.8 Å². The number of rotatable bonds is 2. The molecule has 3 fully saturated rings. The van der Waals surface area contributed by atoms with Gasteiger partial charge in [0, 0.05) is 0 Å². The van der Waals surface area contributed by atoms with Crippen LogP contribution in [0.1, 0.15) is 12.5 Å². The van der Waals surface area contributed by atoms with Gasteiger partial charge in [-0.1, -0.05) is 12.2 Å². The lowest BCUT2D eigenvalue weighted by Gasteiger charge is -2.27. The zero-order valence-electron chi connectivity index (χ0n) is 22.4. The van der Waals surface area contributed by atoms with E-state index in [0.717, 1.165) is 10.9 Å². The van der Waals surface area contributed by atoms with E-state index in [1.165, 1.54) is 17.2 Å². The molecule has 8 N–H and O–H groups in total. The van der Waals surface area contributed by atoms with Crippen LogP contribution in [0.3, 0.4) is 0 Å². The quantitative estimate of drug-likeness (QED) is 0.0942. The van der Waals surface area contributed by atoms with E-state index in [1.807, 2.05) is 0 Å². The molecule has 0 aromatic carbocycles. The largest absolute Gasteiger partial charge is 0.387 e. The lowest BCUT2D eigenvalue weighted by atomic mass is 10.1. The van der Waals surface area contributed by atoms with E-state index in [4.69, 9.17) is 50.8 Å². The highest BCUT2D eigenvalue weighted by atomic mass is 32.7. The number of nitrogens with zero attached hydrogens (tertiary/aromatic N) is 7. The SMILES string of the molecule is Nc1ncnc2c1ncn2[C@@H]1O[C@@H]2COP(=O)(S)O[C@@H]3[C@H](O)[C@@H](COP(O)(=S)O[C@@H]1[C@@H]2O)O[C@H]3n1c(=O)[nH]c2c(N)ncnc21. The summed E-state index contributed by atoms with van der Waals surface area (Å²) in [7, 11) is 0. The first-order valence-corrected chi connectivity index (χ1v) is 18.2. The third-order valence-electron chi connectivity index (χ3n) is 7.39. The van der Waals surface area contributed by atoms with E-state index in [-0.39, 0.29) is 34.0 Å². The Morgan fingerprint density at radius 2 is 1.56 bits per heavy atom. The summed E-state index contributed by atoms with van der Waals surface area (Å²) in [5, 5.41) is 22.4. The summed E-state index contributed by atoms with van der Waals surface area (Å²) >= 11 is 9.29. The van der Waals surface area contributed by atoms with Gasteiger partial charge >= 0.3 is 19.2 Å². The molecule has 0 amide bonds. The summed E-state index contributed by atoms with van der Waals surface area (Å²) in [4.78, 5) is 46.7. The molecule has 3 saturated heterocycles. The van der Waals surface area contributed by atoms with Crippen molar-refractivity contribution in [1.29, 1.82) is 0 Å². The van der Waals surface area contributed by atoms with E-state index in [2.05, 4.69) is 42.2 Å². The molecule has 0 saturated carbocycles. The van der Waals surface area contributed by atoms with Crippen molar-refractivity contribution < 1.29 is 47.2 Å². The summed E-state index contributed by atoms with van der Waals surface area (Å²) in [6.45, 7) is -9.82. The predicted molar refractivity (Wildman–Crippen MR) is 157 cm³/mol. The van der Waals surface area contributed by atoms with Crippen LogP contribution in [0.5, 0.6) is 0 Å². The van der Waals surface area contributed by atoms with Crippen molar-refractivity contribution in [3.05, 3.63) is 29.5 Å². The molecule has 2 unspecified atom stereocenters. The molecule has 7 heterocycles. The second kappa shape index (κ2) is 11.3. The van der Waals surface area contributed by atoms with Gasteiger partial charge in [0.2, 0.25) is 0 Å². The number of fused-ring (bicyclic) bond motifs is 6. The van der Waals surface area contributed by atoms with Gasteiger partial charge in [-0.3, -0.25) is 18.1 Å². The van der Waals surface area contributed by atoms with Crippen LogP contribution in [0, 0.1) is 0 Å². The van der Waals surface area contributed by atoms with Gasteiger partial charge in [0.25, 0.3) is 0 Å². The predicted octanol–water partition coefficient (Wildman–Crippen LogP) is -1.29. The number of imidazole rings is 2. The van der Waals surface area contributed by atoms with Gasteiger partial charge in [0.1, 0.15) is 60.3 Å². The minimum atomic E-state index is -4.40. The molecule has 3 aliphatic heterocycles. The number of aliphatic hydroxyl groups is 2. The Morgan fingerprint density at radius 1 is 0.933 bits per heavy atom. The fourth-order valence-electron chi connectivity index (χ4n) is 5.32. The van der Waals surface area contributed by atoms with E-state index in [1.54, 1.807) is 0 Å². The first-order chi connectivity index (χ1) is 21.3. The number of hydrogen-bond donors (Lipinski definition) is 7. The van der Waals surface area contributed by atoms with E-state index in [9.17, 15) is 24.5 Å². The van der Waals surface area contributed by atoms with Crippen LogP contribution < -0.4 is 17.2 Å². The Kier molecular flexibility index (Phi) is 7.76. The highest BCUT2D eigenvalue weighted by Gasteiger charge is 2.53. The Bertz CT molecular complexity index is 1940. The monoisotopic (exact) mass is 706 g/mol. The van der Waals surface area contributed by atoms with Gasteiger partial charge in [0.15, 0.2) is 35.4 Å². The third-order valence-corrected chi connectivity index (χ3v) is 10.6. The number of nitrogens with two attached hydrogens (primary N) is 2. The molecule has 10 atom stereocenters. The first-order valence-electron chi connectivity index (χ1n) is 13.0. The van der Waals surface area contributed by atoms with Crippen LogP contribution in [0.4, 0.5) is 11.6 Å². The zero-order chi connectivity index (χ0) is 31.8. The maximum Gasteiger partial charge on any atom is 0.386 e. The van der Waals surface area contributed by atoms with Crippen molar-refractivity contribution in [1.82, 2.24) is 39.0 Å². The highest BCUT2D eigenvalue weighted by Crippen LogP contribution is 2.58. The second-order valence-corrected chi connectivity index (χ2v) is 15.8. The lowest BCUT2D eigenvalue weighted by molar-refractivity contribution is -0.0607. The molecule has 242 valence electrons. The molecule has 4 aromatic heterocycles. The molecule has 4 bridgehead atoms. The first kappa shape index (κ1) is 31.0. The molecule has 4 aromatic rings. The Labute approximate surface area is 260 Å². The molecule has 0 aliphatic carbocycles. The lowest BCUT2D eigenvalue weighted by Crippen LogP contribution is -2.38. The van der Waals surface area contributed by atoms with Gasteiger partial charge in [-0.2, -0.15) is 0 Å². The van der Waals surface area contributed by atoms with Crippen molar-refractivity contribution in [3.63, 3.8) is 0 Å². The highest BCUT2D eigenvalue weighted by molar-refractivity contribution is 8.44. The fourth-order valence-corrected chi connectivity index (χ4v) is 8.19. The topological polar surface area (TPSA) is 292 Å². The molecule has 7 rings (SSSR count). The Morgan fingerprint density at radius 3 is 2.29 bits per heavy atom. The van der Waals surface area contributed by atoms with E-state index in [0.29, 0.717) is 0 Å². The maximum absolute atomic E-state index is 13.5. The molecule has 25 heteroatoms. The van der Waals surface area contributed by atoms with Crippen LogP contribution in [0.2, 0.25) is 0 Å². The van der Waals surface area contributed by atoms with Crippen molar-refractivity contribution in [2.45, 2.75) is 49.1 Å². The van der Waals surface area contributed by atoms with Crippen LogP contribution >= 0.6 is 25.8 Å². The van der Waals surface area contributed by atoms with Gasteiger partial charge in [0.05, 0.1) is 19.5 Å². The fraction of sp³-hybridized carbons (Fsp3) is 0.500. The van der Waals surface area contributed by atoms with Crippen LogP contribution in [0.25, 0.3) is 22.3 Å². The molecule has 0 radical (unpaired) electrons. The number of hydrogen-bond acceptors (Lipinski definition) is 18. The summed E-state index contributed by atoms with van der Waals surface area (Å²) < 4.78 is 50.1. The standard InChI is InChI=1S/C20H24N10O11P2S2/c21-14-8-16(25-3-23-14)29(5-27-8)18-12-10(31)6(38-18)1-36-43(35,45)41-13-11(32)7(2-37-42(34,44)40-12)39-19(13)30-17-9(28-20(30)33)15(22)24-4-26-17/h3-7,10-13,18-19,31-32H,1-2H2,(H,28,33)(H,34,44)(H,35,45)(H2,21,23,25)(H2,22,24,26)/t6-,7-,10-,11-,12-,13-,18-,19-,42?,43?/m1/s1. The second-order valence-electron chi connectivity index (χ2n) is 10.1. The molecule has 0 spiro atoms. The van der Waals surface area contributed by atoms with E-state index < -0.39 is 81.5 Å². The van der Waals surface area contributed by atoms with Crippen molar-refractivity contribution in [2.75, 3.05) is 24.7 Å². The number of H-pyrrole nitrogens is 1. The number of anilines is 2. The van der Waals surface area contributed by atoms with Crippen molar-refractivity contribution in [3.8, 4) is 0 Å². The summed E-state index contributed by atoms with van der Waals surface area (Å²) in [6.07, 6.45) is -7.85. The van der Waals surface area contributed by atoms with Gasteiger partial charge in [-0.25, -0.2) is 38.8 Å². The van der Waals surface area contributed by atoms with Gasteiger partial charge in [-0.15, -0.1) is 0 Å². The zero-order valence-corrected chi connectivity index (χ0v) is 25.9. The van der Waals surface area contributed by atoms with Crippen LogP contribution in [-0.2, 0) is 43.9 Å². The number of ether oxygens (including phenoxy) is 2. The molecular weight excluding hydrogens is 682 g/mol. The van der Waals surface area contributed by atoms with Crippen molar-refractivity contribution in [2.24, 2.45) is 0 Å². The minimum absolute atomic E-state index is 0.0118. The van der Waals surface area contributed by atoms with Crippen molar-refractivity contribution >= 4 is 71.5 Å².